The van der Waals surface area contributed by atoms with E-state index in [1.165, 1.54) is 0 Å². The minimum absolute atomic E-state index is 0.0620. The van der Waals surface area contributed by atoms with Crippen LogP contribution in [0.15, 0.2) is 72.8 Å². The average Bonchev–Trinajstić information content (AvgIpc) is 3.08. The monoisotopic (exact) mass is 337 g/mol. The molecule has 0 unspecified atom stereocenters. The van der Waals surface area contributed by atoms with Crippen LogP contribution in [-0.2, 0) is 27.4 Å². The zero-order valence-electron chi connectivity index (χ0n) is 14.4. The molecule has 1 aliphatic heterocycles. The van der Waals surface area contributed by atoms with Crippen LogP contribution in [0.5, 0.6) is 0 Å². The Balaban J connectivity index is 1.74. The molecule has 2 aromatic carbocycles. The summed E-state index contributed by atoms with van der Waals surface area (Å²) in [5.74, 6) is -0.867. The summed E-state index contributed by atoms with van der Waals surface area (Å²) in [7, 11) is 0. The molecule has 4 heteroatoms. The van der Waals surface area contributed by atoms with Gasteiger partial charge >= 0.3 is 0 Å². The van der Waals surface area contributed by atoms with Crippen molar-refractivity contribution in [1.29, 1.82) is 0 Å². The predicted octanol–water partition coefficient (Wildman–Crippen LogP) is 3.53. The third kappa shape index (κ3) is 5.02. The molecule has 1 amide bonds. The van der Waals surface area contributed by atoms with Crippen molar-refractivity contribution in [3.05, 3.63) is 83.9 Å². The topological polar surface area (TPSA) is 38.8 Å². The van der Waals surface area contributed by atoms with E-state index < -0.39 is 5.79 Å². The van der Waals surface area contributed by atoms with Crippen LogP contribution >= 0.6 is 0 Å². The van der Waals surface area contributed by atoms with Crippen LogP contribution in [0.2, 0.25) is 0 Å². The number of hydrogen-bond donors (Lipinski definition) is 0. The first-order valence-electron chi connectivity index (χ1n) is 8.48. The summed E-state index contributed by atoms with van der Waals surface area (Å²) in [5.41, 5.74) is 2.19. The van der Waals surface area contributed by atoms with Gasteiger partial charge in [0, 0.05) is 19.2 Å². The van der Waals surface area contributed by atoms with E-state index in [9.17, 15) is 4.79 Å². The van der Waals surface area contributed by atoms with Crippen molar-refractivity contribution in [2.45, 2.75) is 25.8 Å². The van der Waals surface area contributed by atoms with Crippen LogP contribution in [0.1, 0.15) is 18.1 Å². The highest BCUT2D eigenvalue weighted by Gasteiger charge is 2.28. The van der Waals surface area contributed by atoms with Gasteiger partial charge in [0.05, 0.1) is 13.2 Å². The van der Waals surface area contributed by atoms with E-state index in [-0.39, 0.29) is 5.91 Å². The van der Waals surface area contributed by atoms with E-state index in [4.69, 9.17) is 9.47 Å². The van der Waals surface area contributed by atoms with Crippen molar-refractivity contribution in [2.24, 2.45) is 0 Å². The minimum atomic E-state index is -0.805. The van der Waals surface area contributed by atoms with E-state index in [0.29, 0.717) is 26.3 Å². The number of hydrogen-bond acceptors (Lipinski definition) is 3. The second kappa shape index (κ2) is 8.10. The Bertz CT molecular complexity index is 665. The predicted molar refractivity (Wildman–Crippen MR) is 96.6 cm³/mol. The summed E-state index contributed by atoms with van der Waals surface area (Å²) in [4.78, 5) is 14.6. The van der Waals surface area contributed by atoms with Crippen molar-refractivity contribution < 1.29 is 14.3 Å². The Kier molecular flexibility index (Phi) is 5.64. The molecule has 0 radical (unpaired) electrons. The van der Waals surface area contributed by atoms with E-state index in [1.807, 2.05) is 72.5 Å². The standard InChI is InChI=1S/C21H23NO3/c1-21(24-14-15-25-21)13-12-20(23)22(16-18-8-4-2-5-9-18)17-19-10-6-3-7-11-19/h2-13H,14-17H2,1H3. The molecule has 0 aromatic heterocycles. The first-order valence-corrected chi connectivity index (χ1v) is 8.48. The molecule has 0 spiro atoms. The smallest absolute Gasteiger partial charge is 0.247 e. The van der Waals surface area contributed by atoms with Gasteiger partial charge in [-0.1, -0.05) is 60.7 Å². The Morgan fingerprint density at radius 2 is 1.44 bits per heavy atom. The van der Waals surface area contributed by atoms with Gasteiger partial charge in [0.1, 0.15) is 0 Å². The molecule has 1 aliphatic rings. The minimum Gasteiger partial charge on any atom is -0.344 e. The number of nitrogens with zero attached hydrogens (tertiary/aromatic N) is 1. The zero-order valence-corrected chi connectivity index (χ0v) is 14.4. The molecule has 1 fully saturated rings. The van der Waals surface area contributed by atoms with Crippen molar-refractivity contribution in [3.63, 3.8) is 0 Å². The van der Waals surface area contributed by atoms with Gasteiger partial charge in [0.15, 0.2) is 5.79 Å². The number of ether oxygens (including phenoxy) is 2. The van der Waals surface area contributed by atoms with Gasteiger partial charge < -0.3 is 14.4 Å². The van der Waals surface area contributed by atoms with Gasteiger partial charge in [0.2, 0.25) is 5.91 Å². The van der Waals surface area contributed by atoms with Gasteiger partial charge in [-0.15, -0.1) is 0 Å². The fraction of sp³-hybridized carbons (Fsp3) is 0.286. The van der Waals surface area contributed by atoms with Crippen LogP contribution < -0.4 is 0 Å². The maximum absolute atomic E-state index is 12.8. The lowest BCUT2D eigenvalue weighted by Gasteiger charge is -2.23. The molecule has 0 atom stereocenters. The number of amides is 1. The fourth-order valence-electron chi connectivity index (χ4n) is 2.77. The summed E-state index contributed by atoms with van der Waals surface area (Å²) in [6.07, 6.45) is 3.25. The fourth-order valence-corrected chi connectivity index (χ4v) is 2.77. The number of carbonyl (C=O) groups excluding carboxylic acids is 1. The maximum Gasteiger partial charge on any atom is 0.247 e. The van der Waals surface area contributed by atoms with E-state index in [1.54, 1.807) is 12.2 Å². The average molecular weight is 337 g/mol. The summed E-state index contributed by atoms with van der Waals surface area (Å²) in [6, 6.07) is 20.0. The summed E-state index contributed by atoms with van der Waals surface area (Å²) in [6.45, 7) is 4.02. The Labute approximate surface area is 148 Å². The third-order valence-corrected chi connectivity index (χ3v) is 4.13. The molecule has 0 bridgehead atoms. The van der Waals surface area contributed by atoms with Gasteiger partial charge in [-0.05, 0) is 24.1 Å². The molecule has 4 nitrogen and oxygen atoms in total. The molecule has 1 heterocycles. The van der Waals surface area contributed by atoms with Crippen molar-refractivity contribution in [3.8, 4) is 0 Å². The maximum atomic E-state index is 12.8. The number of benzene rings is 2. The first kappa shape index (κ1) is 17.4. The molecular weight excluding hydrogens is 314 g/mol. The van der Waals surface area contributed by atoms with Crippen LogP contribution in [0.4, 0.5) is 0 Å². The highest BCUT2D eigenvalue weighted by Crippen LogP contribution is 2.20. The highest BCUT2D eigenvalue weighted by molar-refractivity contribution is 5.87. The molecule has 3 rings (SSSR count). The van der Waals surface area contributed by atoms with Crippen molar-refractivity contribution >= 4 is 5.91 Å². The quantitative estimate of drug-likeness (QED) is 0.757. The van der Waals surface area contributed by atoms with E-state index in [0.717, 1.165) is 11.1 Å². The van der Waals surface area contributed by atoms with Gasteiger partial charge in [-0.3, -0.25) is 4.79 Å². The van der Waals surface area contributed by atoms with Gasteiger partial charge in [0.25, 0.3) is 0 Å². The normalized spacial score (nSPS) is 16.2. The second-order valence-electron chi connectivity index (χ2n) is 6.21. The lowest BCUT2D eigenvalue weighted by Crippen LogP contribution is -2.30. The second-order valence-corrected chi connectivity index (χ2v) is 6.21. The van der Waals surface area contributed by atoms with Crippen LogP contribution in [-0.4, -0.2) is 29.8 Å². The molecule has 1 saturated heterocycles. The lowest BCUT2D eigenvalue weighted by atomic mass is 10.1. The van der Waals surface area contributed by atoms with E-state index in [2.05, 4.69) is 0 Å². The van der Waals surface area contributed by atoms with Crippen molar-refractivity contribution in [2.75, 3.05) is 13.2 Å². The Morgan fingerprint density at radius 1 is 0.960 bits per heavy atom. The first-order chi connectivity index (χ1) is 12.1. The lowest BCUT2D eigenvalue weighted by molar-refractivity contribution is -0.128. The van der Waals surface area contributed by atoms with E-state index >= 15 is 0 Å². The third-order valence-electron chi connectivity index (χ3n) is 4.13. The SMILES string of the molecule is CC1(C=CC(=O)N(Cc2ccccc2)Cc2ccccc2)OCCO1. The van der Waals surface area contributed by atoms with Crippen molar-refractivity contribution in [1.82, 2.24) is 4.90 Å². The van der Waals surface area contributed by atoms with Crippen LogP contribution in [0.25, 0.3) is 0 Å². The van der Waals surface area contributed by atoms with Crippen LogP contribution in [0, 0.1) is 0 Å². The number of rotatable bonds is 6. The molecule has 0 aliphatic carbocycles. The van der Waals surface area contributed by atoms with Crippen LogP contribution in [0.3, 0.4) is 0 Å². The summed E-state index contributed by atoms with van der Waals surface area (Å²) >= 11 is 0. The van der Waals surface area contributed by atoms with Gasteiger partial charge in [-0.2, -0.15) is 0 Å². The molecule has 0 saturated carbocycles. The molecule has 0 N–H and O–H groups in total. The van der Waals surface area contributed by atoms with Gasteiger partial charge in [-0.25, -0.2) is 0 Å². The molecule has 25 heavy (non-hydrogen) atoms. The number of carbonyl (C=O) groups is 1. The zero-order chi connectivity index (χ0) is 17.5. The Hall–Kier alpha value is -2.43. The summed E-state index contributed by atoms with van der Waals surface area (Å²) in [5, 5.41) is 0. The molecular formula is C21H23NO3. The molecule has 2 aromatic rings. The summed E-state index contributed by atoms with van der Waals surface area (Å²) < 4.78 is 11.1. The largest absolute Gasteiger partial charge is 0.344 e. The Morgan fingerprint density at radius 3 is 1.92 bits per heavy atom. The highest BCUT2D eigenvalue weighted by atomic mass is 16.7. The molecule has 130 valence electrons.